The van der Waals surface area contributed by atoms with Crippen molar-refractivity contribution in [2.45, 2.75) is 37.9 Å². The molecule has 0 amide bonds. The van der Waals surface area contributed by atoms with Crippen molar-refractivity contribution in [3.05, 3.63) is 144 Å². The molecule has 4 aromatic rings. The van der Waals surface area contributed by atoms with Gasteiger partial charge in [-0.3, -0.25) is 4.79 Å². The summed E-state index contributed by atoms with van der Waals surface area (Å²) in [6, 6.07) is 39.2. The first kappa shape index (κ1) is 26.3. The molecule has 5 nitrogen and oxygen atoms in total. The van der Waals surface area contributed by atoms with Gasteiger partial charge in [0.15, 0.2) is 0 Å². The normalized spacial score (nSPS) is 21.7. The molecule has 196 valence electrons. The average molecular weight is 517 g/mol. The Morgan fingerprint density at radius 3 is 1.90 bits per heavy atom. The number of hydrogen-bond acceptors (Lipinski definition) is 5. The van der Waals surface area contributed by atoms with E-state index in [1.165, 1.54) is 0 Å². The maximum atomic E-state index is 13.7. The number of carbonyl (C=O) groups excluding carboxylic acids is 1. The number of esters is 1. The van der Waals surface area contributed by atoms with Gasteiger partial charge in [-0.1, -0.05) is 121 Å². The van der Waals surface area contributed by atoms with Gasteiger partial charge in [-0.25, -0.2) is 0 Å². The first-order valence-corrected chi connectivity index (χ1v) is 13.2. The van der Waals surface area contributed by atoms with Crippen molar-refractivity contribution in [1.29, 1.82) is 0 Å². The Morgan fingerprint density at radius 1 is 0.821 bits per heavy atom. The topological polar surface area (TPSA) is 71.2 Å². The summed E-state index contributed by atoms with van der Waals surface area (Å²) < 4.78 is 5.84. The van der Waals surface area contributed by atoms with Crippen LogP contribution >= 0.6 is 0 Å². The van der Waals surface area contributed by atoms with Gasteiger partial charge in [-0.05, 0) is 24.5 Å². The van der Waals surface area contributed by atoms with Crippen LogP contribution in [0, 0.1) is 5.92 Å². The van der Waals surface area contributed by atoms with Crippen LogP contribution in [0.25, 0.3) is 0 Å². The Labute approximate surface area is 229 Å². The minimum Gasteiger partial charge on any atom is -0.460 e. The van der Waals surface area contributed by atoms with E-state index in [2.05, 4.69) is 0 Å². The molecule has 1 saturated carbocycles. The molecule has 5 rings (SSSR count). The molecule has 1 aliphatic carbocycles. The van der Waals surface area contributed by atoms with Crippen molar-refractivity contribution in [2.24, 2.45) is 16.1 Å². The molecule has 1 N–H and O–H groups in total. The second kappa shape index (κ2) is 12.0. The van der Waals surface area contributed by atoms with Gasteiger partial charge in [0, 0.05) is 23.5 Å². The van der Waals surface area contributed by atoms with E-state index in [4.69, 9.17) is 14.9 Å². The van der Waals surface area contributed by atoms with Crippen LogP contribution in [0.1, 0.15) is 47.9 Å². The van der Waals surface area contributed by atoms with E-state index in [0.29, 0.717) is 17.8 Å². The first-order chi connectivity index (χ1) is 19.0. The molecule has 5 heteroatoms. The van der Waals surface area contributed by atoms with Crippen LogP contribution in [-0.2, 0) is 16.1 Å². The minimum atomic E-state index is -1.05. The fourth-order valence-corrected chi connectivity index (χ4v) is 5.21. The molecule has 1 fully saturated rings. The van der Waals surface area contributed by atoms with Crippen molar-refractivity contribution in [3.63, 3.8) is 0 Å². The number of ether oxygens (including phenoxy) is 1. The van der Waals surface area contributed by atoms with Crippen LogP contribution < -0.4 is 0 Å². The van der Waals surface area contributed by atoms with Gasteiger partial charge < -0.3 is 9.84 Å². The van der Waals surface area contributed by atoms with Gasteiger partial charge >= 0.3 is 5.97 Å². The molecule has 0 spiro atoms. The number of nitrogens with zero attached hydrogens (tertiary/aromatic N) is 2. The van der Waals surface area contributed by atoms with E-state index in [-0.39, 0.29) is 24.9 Å². The van der Waals surface area contributed by atoms with Crippen LogP contribution in [-0.4, -0.2) is 28.1 Å². The summed E-state index contributed by atoms with van der Waals surface area (Å²) in [5.41, 5.74) is 3.87. The highest BCUT2D eigenvalue weighted by Crippen LogP contribution is 2.42. The lowest BCUT2D eigenvalue weighted by Gasteiger charge is -2.39. The van der Waals surface area contributed by atoms with E-state index in [1.807, 2.05) is 121 Å². The summed E-state index contributed by atoms with van der Waals surface area (Å²) in [6.07, 6.45) is 0.636. The molecule has 4 aromatic carbocycles. The Bertz CT molecular complexity index is 1390. The summed E-state index contributed by atoms with van der Waals surface area (Å²) in [4.78, 5) is 13.7. The maximum absolute atomic E-state index is 13.7. The lowest BCUT2D eigenvalue weighted by molar-refractivity contribution is -0.149. The number of carbonyl (C=O) groups is 1. The molecule has 0 aromatic heterocycles. The van der Waals surface area contributed by atoms with Crippen LogP contribution in [0.3, 0.4) is 0 Å². The predicted octanol–water partition coefficient (Wildman–Crippen LogP) is 6.57. The zero-order valence-corrected chi connectivity index (χ0v) is 22.0. The van der Waals surface area contributed by atoms with Gasteiger partial charge in [-0.15, -0.1) is 5.10 Å². The molecule has 0 saturated heterocycles. The SMILES string of the molecule is C[C@@]1(O)C/C(=N/N=C(c2ccccc2)c2ccccc2)[C@@H](C(=O)OCc2ccccc2)[C@@H](c2ccccc2)C1. The fraction of sp³-hybridized carbons (Fsp3) is 0.206. The Kier molecular flexibility index (Phi) is 8.09. The summed E-state index contributed by atoms with van der Waals surface area (Å²) >= 11 is 0. The molecular weight excluding hydrogens is 484 g/mol. The van der Waals surface area contributed by atoms with Crippen molar-refractivity contribution in [3.8, 4) is 0 Å². The third-order valence-corrected chi connectivity index (χ3v) is 7.06. The molecule has 0 radical (unpaired) electrons. The molecule has 0 aliphatic heterocycles. The highest BCUT2D eigenvalue weighted by atomic mass is 16.5. The number of rotatable bonds is 7. The zero-order valence-electron chi connectivity index (χ0n) is 22.0. The number of benzene rings is 4. The smallest absolute Gasteiger partial charge is 0.315 e. The summed E-state index contributed by atoms with van der Waals surface area (Å²) in [5.74, 6) is -1.34. The third kappa shape index (κ3) is 6.57. The van der Waals surface area contributed by atoms with E-state index in [0.717, 1.165) is 22.3 Å². The van der Waals surface area contributed by atoms with Crippen LogP contribution in [0.5, 0.6) is 0 Å². The summed E-state index contributed by atoms with van der Waals surface area (Å²) in [5, 5.41) is 20.7. The van der Waals surface area contributed by atoms with Crippen molar-refractivity contribution >= 4 is 17.4 Å². The minimum absolute atomic E-state index is 0.171. The number of aliphatic hydroxyl groups is 1. The van der Waals surface area contributed by atoms with E-state index < -0.39 is 11.5 Å². The van der Waals surface area contributed by atoms with Gasteiger partial charge in [0.05, 0.1) is 11.3 Å². The lowest BCUT2D eigenvalue weighted by atomic mass is 9.68. The maximum Gasteiger partial charge on any atom is 0.315 e. The molecule has 1 aliphatic rings. The van der Waals surface area contributed by atoms with E-state index in [9.17, 15) is 9.90 Å². The summed E-state index contributed by atoms with van der Waals surface area (Å²) in [6.45, 7) is 1.97. The highest BCUT2D eigenvalue weighted by Gasteiger charge is 2.45. The Hall–Kier alpha value is -4.35. The third-order valence-electron chi connectivity index (χ3n) is 7.06. The second-order valence-corrected chi connectivity index (χ2v) is 10.2. The standard InChI is InChI=1S/C34H32N2O3/c1-34(38)22-29(26-16-8-3-9-17-26)31(33(37)39-24-25-14-6-2-7-15-25)30(23-34)35-36-32(27-18-10-4-11-19-27)28-20-12-5-13-21-28/h2-21,29,31,38H,22-24H2,1H3/b35-30-/t29-,31+,34+/m1/s1. The molecule has 3 atom stereocenters. The van der Waals surface area contributed by atoms with Crippen molar-refractivity contribution < 1.29 is 14.6 Å². The van der Waals surface area contributed by atoms with Gasteiger partial charge in [0.1, 0.15) is 18.2 Å². The van der Waals surface area contributed by atoms with Crippen LogP contribution in [0.4, 0.5) is 0 Å². The fourth-order valence-electron chi connectivity index (χ4n) is 5.21. The van der Waals surface area contributed by atoms with E-state index in [1.54, 1.807) is 6.92 Å². The van der Waals surface area contributed by atoms with Crippen molar-refractivity contribution in [2.75, 3.05) is 0 Å². The van der Waals surface area contributed by atoms with Gasteiger partial charge in [0.25, 0.3) is 0 Å². The molecule has 39 heavy (non-hydrogen) atoms. The number of hydrogen-bond donors (Lipinski definition) is 1. The zero-order chi connectivity index (χ0) is 27.1. The second-order valence-electron chi connectivity index (χ2n) is 10.2. The van der Waals surface area contributed by atoms with Crippen LogP contribution in [0.2, 0.25) is 0 Å². The molecule has 0 heterocycles. The quantitative estimate of drug-likeness (QED) is 0.172. The average Bonchev–Trinajstić information content (AvgIpc) is 2.97. The Morgan fingerprint density at radius 2 is 1.33 bits per heavy atom. The molecular formula is C34H32N2O3. The largest absolute Gasteiger partial charge is 0.460 e. The van der Waals surface area contributed by atoms with E-state index >= 15 is 0 Å². The lowest BCUT2D eigenvalue weighted by Crippen LogP contribution is -2.45. The molecule has 0 bridgehead atoms. The van der Waals surface area contributed by atoms with Gasteiger partial charge in [0.2, 0.25) is 0 Å². The van der Waals surface area contributed by atoms with Crippen molar-refractivity contribution in [1.82, 2.24) is 0 Å². The first-order valence-electron chi connectivity index (χ1n) is 13.2. The molecule has 0 unspecified atom stereocenters. The Balaban J connectivity index is 1.57. The van der Waals surface area contributed by atoms with Crippen LogP contribution in [0.15, 0.2) is 132 Å². The highest BCUT2D eigenvalue weighted by molar-refractivity contribution is 6.13. The monoisotopic (exact) mass is 516 g/mol. The predicted molar refractivity (Wildman–Crippen MR) is 155 cm³/mol. The summed E-state index contributed by atoms with van der Waals surface area (Å²) in [7, 11) is 0. The van der Waals surface area contributed by atoms with Gasteiger partial charge in [-0.2, -0.15) is 5.10 Å².